The van der Waals surface area contributed by atoms with Crippen molar-refractivity contribution in [1.29, 1.82) is 0 Å². The van der Waals surface area contributed by atoms with Gasteiger partial charge in [0.05, 0.1) is 10.2 Å². The van der Waals surface area contributed by atoms with Gasteiger partial charge in [0.15, 0.2) is 5.13 Å². The predicted molar refractivity (Wildman–Crippen MR) is 104 cm³/mol. The van der Waals surface area contributed by atoms with Crippen LogP contribution >= 0.6 is 11.3 Å². The summed E-state index contributed by atoms with van der Waals surface area (Å²) in [6.45, 7) is 5.67. The maximum absolute atomic E-state index is 12.7. The molecule has 1 aromatic carbocycles. The maximum atomic E-state index is 12.7. The average Bonchev–Trinajstić information content (AvgIpc) is 3.11. The summed E-state index contributed by atoms with van der Waals surface area (Å²) >= 11 is 1.78. The summed E-state index contributed by atoms with van der Waals surface area (Å²) in [6, 6.07) is 6.57. The molecular formula is C20H27N3OS. The number of fused-ring (bicyclic) bond motifs is 1. The van der Waals surface area contributed by atoms with Crippen LogP contribution in [-0.4, -0.2) is 42.0 Å². The summed E-state index contributed by atoms with van der Waals surface area (Å²) in [5, 5.41) is 1.10. The largest absolute Gasteiger partial charge is 0.345 e. The van der Waals surface area contributed by atoms with Gasteiger partial charge in [-0.25, -0.2) is 4.98 Å². The minimum Gasteiger partial charge on any atom is -0.345 e. The maximum Gasteiger partial charge on any atom is 0.225 e. The molecule has 5 heteroatoms. The molecule has 1 aliphatic carbocycles. The van der Waals surface area contributed by atoms with Crippen LogP contribution in [-0.2, 0) is 11.2 Å². The van der Waals surface area contributed by atoms with Crippen molar-refractivity contribution < 1.29 is 4.79 Å². The van der Waals surface area contributed by atoms with Crippen LogP contribution in [0.4, 0.5) is 5.13 Å². The van der Waals surface area contributed by atoms with Crippen molar-refractivity contribution in [3.63, 3.8) is 0 Å². The Hall–Kier alpha value is -1.62. The number of aryl methyl sites for hydroxylation is 1. The molecule has 25 heavy (non-hydrogen) atoms. The van der Waals surface area contributed by atoms with E-state index in [2.05, 4.69) is 34.9 Å². The molecule has 0 atom stereocenters. The normalized spacial score (nSPS) is 19.6. The number of carbonyl (C=O) groups is 1. The number of amides is 1. The smallest absolute Gasteiger partial charge is 0.225 e. The molecular weight excluding hydrogens is 330 g/mol. The second-order valence-corrected chi connectivity index (χ2v) is 8.31. The zero-order valence-electron chi connectivity index (χ0n) is 15.0. The Morgan fingerprint density at radius 1 is 1.16 bits per heavy atom. The predicted octanol–water partition coefficient (Wildman–Crippen LogP) is 4.09. The lowest BCUT2D eigenvalue weighted by Gasteiger charge is -2.37. The van der Waals surface area contributed by atoms with Crippen LogP contribution in [0, 0.1) is 5.92 Å². The van der Waals surface area contributed by atoms with Crippen LogP contribution in [0.5, 0.6) is 0 Å². The van der Waals surface area contributed by atoms with Crippen molar-refractivity contribution in [3.05, 3.63) is 23.8 Å². The second kappa shape index (κ2) is 7.32. The summed E-state index contributed by atoms with van der Waals surface area (Å²) in [4.78, 5) is 22.0. The lowest BCUT2D eigenvalue weighted by atomic mass is 9.88. The zero-order valence-corrected chi connectivity index (χ0v) is 15.9. The van der Waals surface area contributed by atoms with E-state index in [0.29, 0.717) is 5.91 Å². The zero-order chi connectivity index (χ0) is 17.2. The number of nitrogens with zero attached hydrogens (tertiary/aromatic N) is 3. The first-order valence-corrected chi connectivity index (χ1v) is 10.5. The highest BCUT2D eigenvalue weighted by molar-refractivity contribution is 7.22. The van der Waals surface area contributed by atoms with Gasteiger partial charge in [0, 0.05) is 32.1 Å². The van der Waals surface area contributed by atoms with E-state index in [1.54, 1.807) is 11.3 Å². The number of anilines is 1. The fraction of sp³-hybridized carbons (Fsp3) is 0.600. The van der Waals surface area contributed by atoms with E-state index in [1.807, 2.05) is 0 Å². The first kappa shape index (κ1) is 16.8. The molecule has 0 radical (unpaired) electrons. The standard InChI is InChI=1S/C20H27N3OS/c1-2-15-8-9-17-18(14-15)25-20(21-17)23-12-10-22(11-13-23)19(24)16-6-4-3-5-7-16/h8-9,14,16H,2-7,10-13H2,1H3. The highest BCUT2D eigenvalue weighted by atomic mass is 32.1. The van der Waals surface area contributed by atoms with Crippen LogP contribution in [0.1, 0.15) is 44.6 Å². The Bertz CT molecular complexity index is 742. The average molecular weight is 358 g/mol. The van der Waals surface area contributed by atoms with Crippen molar-refractivity contribution >= 4 is 32.6 Å². The van der Waals surface area contributed by atoms with Crippen molar-refractivity contribution in [2.24, 2.45) is 5.92 Å². The number of rotatable bonds is 3. The van der Waals surface area contributed by atoms with Gasteiger partial charge in [0.25, 0.3) is 0 Å². The Morgan fingerprint density at radius 2 is 1.92 bits per heavy atom. The molecule has 1 amide bonds. The first-order valence-electron chi connectivity index (χ1n) is 9.68. The lowest BCUT2D eigenvalue weighted by Crippen LogP contribution is -2.50. The molecule has 1 aliphatic heterocycles. The Labute approximate surface area is 153 Å². The van der Waals surface area contributed by atoms with Gasteiger partial charge in [-0.15, -0.1) is 0 Å². The molecule has 2 fully saturated rings. The van der Waals surface area contributed by atoms with Gasteiger partial charge in [-0.2, -0.15) is 0 Å². The fourth-order valence-corrected chi connectivity index (χ4v) is 5.12. The van der Waals surface area contributed by atoms with E-state index >= 15 is 0 Å². The third-order valence-corrected chi connectivity index (χ3v) is 6.75. The Balaban J connectivity index is 1.40. The molecule has 0 N–H and O–H groups in total. The van der Waals surface area contributed by atoms with Gasteiger partial charge in [-0.1, -0.05) is 43.6 Å². The first-order chi connectivity index (χ1) is 12.2. The van der Waals surface area contributed by atoms with Gasteiger partial charge < -0.3 is 9.80 Å². The van der Waals surface area contributed by atoms with Gasteiger partial charge >= 0.3 is 0 Å². The summed E-state index contributed by atoms with van der Waals surface area (Å²) in [5.74, 6) is 0.687. The minimum atomic E-state index is 0.287. The molecule has 0 unspecified atom stereocenters. The van der Waals surface area contributed by atoms with E-state index in [-0.39, 0.29) is 5.92 Å². The Morgan fingerprint density at radius 3 is 2.64 bits per heavy atom. The molecule has 4 rings (SSSR count). The summed E-state index contributed by atoms with van der Waals surface area (Å²) in [7, 11) is 0. The number of aromatic nitrogens is 1. The highest BCUT2D eigenvalue weighted by Gasteiger charge is 2.29. The van der Waals surface area contributed by atoms with Gasteiger partial charge in [-0.05, 0) is 37.0 Å². The number of hydrogen-bond acceptors (Lipinski definition) is 4. The van der Waals surface area contributed by atoms with E-state index in [4.69, 9.17) is 4.98 Å². The minimum absolute atomic E-state index is 0.287. The molecule has 1 saturated heterocycles. The van der Waals surface area contributed by atoms with Gasteiger partial charge in [-0.3, -0.25) is 4.79 Å². The molecule has 0 spiro atoms. The molecule has 1 aromatic heterocycles. The molecule has 1 saturated carbocycles. The summed E-state index contributed by atoms with van der Waals surface area (Å²) in [5.41, 5.74) is 2.46. The second-order valence-electron chi connectivity index (χ2n) is 7.30. The summed E-state index contributed by atoms with van der Waals surface area (Å²) < 4.78 is 1.27. The van der Waals surface area contributed by atoms with E-state index in [9.17, 15) is 4.79 Å². The number of benzene rings is 1. The third kappa shape index (κ3) is 3.52. The number of piperazine rings is 1. The van der Waals surface area contributed by atoms with E-state index in [1.165, 1.54) is 29.5 Å². The van der Waals surface area contributed by atoms with Crippen molar-refractivity contribution in [2.75, 3.05) is 31.1 Å². The van der Waals surface area contributed by atoms with Crippen LogP contribution in [0.2, 0.25) is 0 Å². The van der Waals surface area contributed by atoms with Crippen LogP contribution in [0.3, 0.4) is 0 Å². The van der Waals surface area contributed by atoms with Crippen molar-refractivity contribution in [3.8, 4) is 0 Å². The highest BCUT2D eigenvalue weighted by Crippen LogP contribution is 2.31. The lowest BCUT2D eigenvalue weighted by molar-refractivity contribution is -0.136. The van der Waals surface area contributed by atoms with Crippen LogP contribution in [0.25, 0.3) is 10.2 Å². The van der Waals surface area contributed by atoms with Gasteiger partial charge in [0.1, 0.15) is 0 Å². The SMILES string of the molecule is CCc1ccc2nc(N3CCN(C(=O)C4CCCCC4)CC3)sc2c1. The van der Waals surface area contributed by atoms with Crippen LogP contribution < -0.4 is 4.90 Å². The molecule has 2 heterocycles. The van der Waals surface area contributed by atoms with Crippen molar-refractivity contribution in [1.82, 2.24) is 9.88 Å². The molecule has 2 aliphatic rings. The molecule has 4 nitrogen and oxygen atoms in total. The topological polar surface area (TPSA) is 36.4 Å². The number of carbonyl (C=O) groups excluding carboxylic acids is 1. The van der Waals surface area contributed by atoms with Gasteiger partial charge in [0.2, 0.25) is 5.91 Å². The van der Waals surface area contributed by atoms with E-state index in [0.717, 1.165) is 56.1 Å². The number of hydrogen-bond donors (Lipinski definition) is 0. The van der Waals surface area contributed by atoms with E-state index < -0.39 is 0 Å². The Kier molecular flexibility index (Phi) is 4.93. The molecule has 0 bridgehead atoms. The molecule has 134 valence electrons. The fourth-order valence-electron chi connectivity index (χ4n) is 4.04. The molecule has 2 aromatic rings. The quantitative estimate of drug-likeness (QED) is 0.830. The van der Waals surface area contributed by atoms with Crippen molar-refractivity contribution in [2.45, 2.75) is 45.4 Å². The summed E-state index contributed by atoms with van der Waals surface area (Å²) in [6.07, 6.45) is 7.00. The number of thiazole rings is 1. The third-order valence-electron chi connectivity index (χ3n) is 5.67. The monoisotopic (exact) mass is 357 g/mol. The van der Waals surface area contributed by atoms with Crippen LogP contribution in [0.15, 0.2) is 18.2 Å².